The zero-order valence-electron chi connectivity index (χ0n) is 15.8. The molecule has 3 aromatic rings. The Morgan fingerprint density at radius 2 is 1.79 bits per heavy atom. The number of benzene rings is 1. The van der Waals surface area contributed by atoms with E-state index in [0.717, 1.165) is 36.6 Å². The fraction of sp³-hybridized carbons (Fsp3) is 0.333. The topological polar surface area (TPSA) is 63.9 Å². The second-order valence-electron chi connectivity index (χ2n) is 6.91. The predicted octanol–water partition coefficient (Wildman–Crippen LogP) is 3.38. The molecule has 0 saturated carbocycles. The van der Waals surface area contributed by atoms with E-state index in [1.54, 1.807) is 18.6 Å². The van der Waals surface area contributed by atoms with Crippen molar-refractivity contribution in [3.05, 3.63) is 72.0 Å². The van der Waals surface area contributed by atoms with Crippen LogP contribution in [0.2, 0.25) is 0 Å². The summed E-state index contributed by atoms with van der Waals surface area (Å²) in [6, 6.07) is 5.72. The quantitative estimate of drug-likeness (QED) is 0.697. The molecule has 1 saturated heterocycles. The van der Waals surface area contributed by atoms with E-state index in [4.69, 9.17) is 0 Å². The zero-order chi connectivity index (χ0) is 19.5. The van der Waals surface area contributed by atoms with Crippen molar-refractivity contribution >= 4 is 5.91 Å². The van der Waals surface area contributed by atoms with Crippen LogP contribution in [0.25, 0.3) is 5.82 Å². The maximum atomic E-state index is 13.1. The molecule has 1 amide bonds. The van der Waals surface area contributed by atoms with Crippen LogP contribution in [0.1, 0.15) is 47.6 Å². The highest BCUT2D eigenvalue weighted by Gasteiger charge is 2.28. The lowest BCUT2D eigenvalue weighted by atomic mass is 9.92. The van der Waals surface area contributed by atoms with Crippen LogP contribution in [-0.4, -0.2) is 43.4 Å². The van der Waals surface area contributed by atoms with E-state index in [1.165, 1.54) is 24.3 Å². The van der Waals surface area contributed by atoms with Gasteiger partial charge in [0, 0.05) is 55.8 Å². The predicted molar refractivity (Wildman–Crippen MR) is 103 cm³/mol. The number of piperidine rings is 1. The highest BCUT2D eigenvalue weighted by Crippen LogP contribution is 2.30. The number of nitrogens with zero attached hydrogens (tertiary/aromatic N) is 5. The average Bonchev–Trinajstić information content (AvgIpc) is 3.23. The highest BCUT2D eigenvalue weighted by molar-refractivity contribution is 5.94. The molecular formula is C21H22FN5O. The van der Waals surface area contributed by atoms with Gasteiger partial charge in [0.2, 0.25) is 0 Å². The number of imidazole rings is 1. The smallest absolute Gasteiger partial charge is 0.253 e. The number of carbonyl (C=O) groups is 1. The number of amides is 1. The number of aromatic nitrogens is 4. The standard InChI is InChI=1S/C21H22FN5O/c1-2-18-23-11-14-27(18)20-19(24-9-10-25-20)15-7-12-26(13-8-15)21(28)16-3-5-17(22)6-4-16/h3-6,9-11,14-15H,2,7-8,12-13H2,1H3. The molecule has 0 aliphatic carbocycles. The maximum Gasteiger partial charge on any atom is 0.253 e. The Labute approximate surface area is 163 Å². The Morgan fingerprint density at radius 1 is 1.07 bits per heavy atom. The summed E-state index contributed by atoms with van der Waals surface area (Å²) in [7, 11) is 0. The number of hydrogen-bond donors (Lipinski definition) is 0. The molecule has 0 unspecified atom stereocenters. The molecule has 0 atom stereocenters. The van der Waals surface area contributed by atoms with Crippen LogP contribution in [-0.2, 0) is 6.42 Å². The minimum atomic E-state index is -0.337. The Kier molecular flexibility index (Phi) is 5.14. The van der Waals surface area contributed by atoms with E-state index < -0.39 is 0 Å². The number of likely N-dealkylation sites (tertiary alicyclic amines) is 1. The fourth-order valence-corrected chi connectivity index (χ4v) is 3.73. The van der Waals surface area contributed by atoms with Crippen LogP contribution in [0.5, 0.6) is 0 Å². The van der Waals surface area contributed by atoms with Crippen molar-refractivity contribution in [1.82, 2.24) is 24.4 Å². The van der Waals surface area contributed by atoms with Gasteiger partial charge in [-0.15, -0.1) is 0 Å². The van der Waals surface area contributed by atoms with Gasteiger partial charge in [0.15, 0.2) is 5.82 Å². The summed E-state index contributed by atoms with van der Waals surface area (Å²) in [6.07, 6.45) is 9.56. The molecule has 1 aromatic carbocycles. The third-order valence-electron chi connectivity index (χ3n) is 5.23. The Balaban J connectivity index is 1.50. The number of rotatable bonds is 4. The molecule has 3 heterocycles. The third kappa shape index (κ3) is 3.52. The van der Waals surface area contributed by atoms with E-state index in [0.29, 0.717) is 18.7 Å². The molecule has 6 nitrogen and oxygen atoms in total. The normalized spacial score (nSPS) is 15.0. The average molecular weight is 379 g/mol. The van der Waals surface area contributed by atoms with Crippen LogP contribution >= 0.6 is 0 Å². The molecule has 0 radical (unpaired) electrons. The molecule has 2 aromatic heterocycles. The summed E-state index contributed by atoms with van der Waals surface area (Å²) in [5.41, 5.74) is 1.47. The number of aryl methyl sites for hydroxylation is 1. The fourth-order valence-electron chi connectivity index (χ4n) is 3.73. The SMILES string of the molecule is CCc1nccn1-c1nccnc1C1CCN(C(=O)c2ccc(F)cc2)CC1. The van der Waals surface area contributed by atoms with Crippen LogP contribution in [0.3, 0.4) is 0 Å². The van der Waals surface area contributed by atoms with Crippen molar-refractivity contribution in [1.29, 1.82) is 0 Å². The van der Waals surface area contributed by atoms with Crippen molar-refractivity contribution in [3.8, 4) is 5.82 Å². The molecule has 1 aliphatic heterocycles. The van der Waals surface area contributed by atoms with Gasteiger partial charge in [0.05, 0.1) is 5.69 Å². The first-order valence-electron chi connectivity index (χ1n) is 9.55. The zero-order valence-corrected chi connectivity index (χ0v) is 15.8. The van der Waals surface area contributed by atoms with Gasteiger partial charge in [-0.05, 0) is 37.1 Å². The van der Waals surface area contributed by atoms with E-state index in [2.05, 4.69) is 21.9 Å². The number of hydrogen-bond acceptors (Lipinski definition) is 4. The van der Waals surface area contributed by atoms with Gasteiger partial charge < -0.3 is 4.90 Å². The lowest BCUT2D eigenvalue weighted by molar-refractivity contribution is 0.0712. The van der Waals surface area contributed by atoms with Gasteiger partial charge in [-0.25, -0.2) is 14.4 Å². The molecular weight excluding hydrogens is 357 g/mol. The van der Waals surface area contributed by atoms with Crippen LogP contribution in [0, 0.1) is 5.82 Å². The highest BCUT2D eigenvalue weighted by atomic mass is 19.1. The first kappa shape index (κ1) is 18.3. The van der Waals surface area contributed by atoms with Gasteiger partial charge in [0.1, 0.15) is 11.6 Å². The van der Waals surface area contributed by atoms with Gasteiger partial charge in [0.25, 0.3) is 5.91 Å². The van der Waals surface area contributed by atoms with Crippen molar-refractivity contribution in [2.45, 2.75) is 32.1 Å². The van der Waals surface area contributed by atoms with Crippen LogP contribution in [0.4, 0.5) is 4.39 Å². The largest absolute Gasteiger partial charge is 0.339 e. The molecule has 0 N–H and O–H groups in total. The van der Waals surface area contributed by atoms with E-state index in [9.17, 15) is 9.18 Å². The van der Waals surface area contributed by atoms with Crippen LogP contribution < -0.4 is 0 Å². The first-order valence-corrected chi connectivity index (χ1v) is 9.55. The summed E-state index contributed by atoms with van der Waals surface area (Å²) in [5.74, 6) is 1.61. The Bertz CT molecular complexity index is 961. The van der Waals surface area contributed by atoms with Gasteiger partial charge in [-0.1, -0.05) is 6.92 Å². The summed E-state index contributed by atoms with van der Waals surface area (Å²) < 4.78 is 15.1. The minimum absolute atomic E-state index is 0.0549. The van der Waals surface area contributed by atoms with Crippen molar-refractivity contribution in [3.63, 3.8) is 0 Å². The molecule has 1 fully saturated rings. The van der Waals surface area contributed by atoms with E-state index >= 15 is 0 Å². The number of carbonyl (C=O) groups excluding carboxylic acids is 1. The third-order valence-corrected chi connectivity index (χ3v) is 5.23. The monoisotopic (exact) mass is 379 g/mol. The van der Waals surface area contributed by atoms with E-state index in [-0.39, 0.29) is 17.6 Å². The second-order valence-corrected chi connectivity index (χ2v) is 6.91. The van der Waals surface area contributed by atoms with Crippen molar-refractivity contribution in [2.24, 2.45) is 0 Å². The van der Waals surface area contributed by atoms with Gasteiger partial charge in [-0.3, -0.25) is 14.3 Å². The summed E-state index contributed by atoms with van der Waals surface area (Å²) in [6.45, 7) is 3.34. The Morgan fingerprint density at radius 3 is 2.50 bits per heavy atom. The molecule has 1 aliphatic rings. The van der Waals surface area contributed by atoms with Gasteiger partial charge in [-0.2, -0.15) is 0 Å². The number of halogens is 1. The molecule has 28 heavy (non-hydrogen) atoms. The van der Waals surface area contributed by atoms with Crippen molar-refractivity contribution < 1.29 is 9.18 Å². The maximum absolute atomic E-state index is 13.1. The molecule has 144 valence electrons. The van der Waals surface area contributed by atoms with E-state index in [1.807, 2.05) is 15.7 Å². The van der Waals surface area contributed by atoms with Crippen molar-refractivity contribution in [2.75, 3.05) is 13.1 Å². The molecule has 0 spiro atoms. The summed E-state index contributed by atoms with van der Waals surface area (Å²) in [4.78, 5) is 28.0. The molecule has 4 rings (SSSR count). The van der Waals surface area contributed by atoms with Crippen LogP contribution in [0.15, 0.2) is 49.1 Å². The summed E-state index contributed by atoms with van der Waals surface area (Å²) in [5, 5.41) is 0. The van der Waals surface area contributed by atoms with Gasteiger partial charge >= 0.3 is 0 Å². The summed E-state index contributed by atoms with van der Waals surface area (Å²) >= 11 is 0. The minimum Gasteiger partial charge on any atom is -0.339 e. The Hall–Kier alpha value is -3.09. The molecule has 0 bridgehead atoms. The second kappa shape index (κ2) is 7.88. The lowest BCUT2D eigenvalue weighted by Gasteiger charge is -2.32. The lowest BCUT2D eigenvalue weighted by Crippen LogP contribution is -2.38. The first-order chi connectivity index (χ1) is 13.7. The molecule has 7 heteroatoms.